The van der Waals surface area contributed by atoms with Gasteiger partial charge in [-0.25, -0.2) is 8.78 Å². The second-order valence-electron chi connectivity index (χ2n) is 5.23. The van der Waals surface area contributed by atoms with E-state index < -0.39 is 28.2 Å². The fourth-order valence-electron chi connectivity index (χ4n) is 2.45. The lowest BCUT2D eigenvalue weighted by Crippen LogP contribution is -2.34. The molecule has 0 unspecified atom stereocenters. The van der Waals surface area contributed by atoms with Crippen molar-refractivity contribution in [2.24, 2.45) is 0 Å². The minimum Gasteiger partial charge on any atom is -0.358 e. The zero-order chi connectivity index (χ0) is 18.8. The van der Waals surface area contributed by atoms with Crippen molar-refractivity contribution in [3.8, 4) is 0 Å². The largest absolute Gasteiger partial charge is 0.373 e. The summed E-state index contributed by atoms with van der Waals surface area (Å²) in [6.07, 6.45) is 1.51. The van der Waals surface area contributed by atoms with Crippen LogP contribution in [0.5, 0.6) is 0 Å². The van der Waals surface area contributed by atoms with Gasteiger partial charge in [-0.3, -0.25) is 4.79 Å². The highest BCUT2D eigenvalue weighted by atomic mass is 32.1. The van der Waals surface area contributed by atoms with E-state index in [1.807, 2.05) is 0 Å². The van der Waals surface area contributed by atoms with Crippen molar-refractivity contribution in [1.82, 2.24) is 9.38 Å². The summed E-state index contributed by atoms with van der Waals surface area (Å²) >= 11 is 1.21. The van der Waals surface area contributed by atoms with E-state index >= 15 is 0 Å². The molecule has 3 aromatic rings. The number of likely N-dealkylation sites (N-methyl/N-ethyl adjacent to an activating group) is 1. The standard InChI is InChI=1S/C15H13F2N5O3S/c1-2-20(8-11(23)18-12-9(16)4-3-5-10(12)17)13-14(22(24)25)21-6-7-26-15(21)19-13/h3-7H,2,8H2,1H3,(H,18,23). The van der Waals surface area contributed by atoms with Gasteiger partial charge in [0.15, 0.2) is 0 Å². The van der Waals surface area contributed by atoms with Crippen LogP contribution in [0.3, 0.4) is 0 Å². The van der Waals surface area contributed by atoms with Crippen LogP contribution in [0.15, 0.2) is 29.8 Å². The van der Waals surface area contributed by atoms with E-state index in [1.165, 1.54) is 32.9 Å². The van der Waals surface area contributed by atoms with Gasteiger partial charge in [-0.15, -0.1) is 0 Å². The van der Waals surface area contributed by atoms with Crippen molar-refractivity contribution in [1.29, 1.82) is 0 Å². The first-order valence-corrected chi connectivity index (χ1v) is 8.39. The molecule has 2 heterocycles. The third kappa shape index (κ3) is 3.20. The number of amides is 1. The van der Waals surface area contributed by atoms with E-state index in [-0.39, 0.29) is 24.7 Å². The molecule has 26 heavy (non-hydrogen) atoms. The molecule has 0 saturated heterocycles. The van der Waals surface area contributed by atoms with E-state index in [2.05, 4.69) is 10.3 Å². The molecule has 0 aliphatic rings. The third-order valence-electron chi connectivity index (χ3n) is 3.64. The lowest BCUT2D eigenvalue weighted by Gasteiger charge is -2.19. The van der Waals surface area contributed by atoms with Crippen LogP contribution in [0.2, 0.25) is 0 Å². The Hall–Kier alpha value is -3.08. The number of carbonyl (C=O) groups excluding carboxylic acids is 1. The molecule has 0 bridgehead atoms. The first kappa shape index (κ1) is 17.7. The zero-order valence-electron chi connectivity index (χ0n) is 13.5. The third-order valence-corrected chi connectivity index (χ3v) is 4.39. The Morgan fingerprint density at radius 1 is 1.42 bits per heavy atom. The van der Waals surface area contributed by atoms with Crippen LogP contribution >= 0.6 is 11.3 Å². The minimum atomic E-state index is -0.908. The van der Waals surface area contributed by atoms with Gasteiger partial charge in [-0.2, -0.15) is 9.38 Å². The fourth-order valence-corrected chi connectivity index (χ4v) is 3.15. The number of hydrogen-bond donors (Lipinski definition) is 1. The smallest absolute Gasteiger partial charge is 0.358 e. The molecule has 8 nitrogen and oxygen atoms in total. The summed E-state index contributed by atoms with van der Waals surface area (Å²) in [6.45, 7) is 1.57. The minimum absolute atomic E-state index is 0.0218. The Balaban J connectivity index is 1.86. The van der Waals surface area contributed by atoms with Crippen LogP contribution in [0.1, 0.15) is 6.92 Å². The van der Waals surface area contributed by atoms with Gasteiger partial charge in [-0.1, -0.05) is 17.4 Å². The maximum absolute atomic E-state index is 13.6. The zero-order valence-corrected chi connectivity index (χ0v) is 14.3. The van der Waals surface area contributed by atoms with Gasteiger partial charge in [0, 0.05) is 11.9 Å². The highest BCUT2D eigenvalue weighted by Gasteiger charge is 2.28. The number of hydrogen-bond acceptors (Lipinski definition) is 6. The average Bonchev–Trinajstić information content (AvgIpc) is 3.16. The number of nitro groups is 1. The van der Waals surface area contributed by atoms with Crippen molar-refractivity contribution in [3.63, 3.8) is 0 Å². The number of nitrogens with zero attached hydrogens (tertiary/aromatic N) is 4. The molecule has 11 heteroatoms. The summed E-state index contributed by atoms with van der Waals surface area (Å²) in [4.78, 5) is 29.0. The van der Waals surface area contributed by atoms with Crippen molar-refractivity contribution in [2.75, 3.05) is 23.3 Å². The molecule has 0 saturated carbocycles. The average molecular weight is 381 g/mol. The first-order chi connectivity index (χ1) is 12.4. The molecular formula is C15H13F2N5O3S. The Labute approximate surface area is 149 Å². The highest BCUT2D eigenvalue weighted by molar-refractivity contribution is 7.15. The SMILES string of the molecule is CCN(CC(=O)Nc1c(F)cccc1F)c1nc2sccn2c1[N+](=O)[O-]. The lowest BCUT2D eigenvalue weighted by atomic mass is 10.3. The first-order valence-electron chi connectivity index (χ1n) is 7.51. The van der Waals surface area contributed by atoms with Gasteiger partial charge in [-0.05, 0) is 24.0 Å². The number of imidazole rings is 1. The number of aromatic nitrogens is 2. The van der Waals surface area contributed by atoms with E-state index in [0.29, 0.717) is 4.96 Å². The maximum atomic E-state index is 13.6. The normalized spacial score (nSPS) is 10.9. The molecule has 1 amide bonds. The fraction of sp³-hybridized carbons (Fsp3) is 0.200. The molecule has 136 valence electrons. The van der Waals surface area contributed by atoms with Crippen LogP contribution in [-0.2, 0) is 4.79 Å². The molecule has 0 aliphatic heterocycles. The number of para-hydroxylation sites is 1. The van der Waals surface area contributed by atoms with Gasteiger partial charge < -0.3 is 20.3 Å². The summed E-state index contributed by atoms with van der Waals surface area (Å²) in [5, 5.41) is 15.2. The van der Waals surface area contributed by atoms with Crippen LogP contribution in [0, 0.1) is 21.7 Å². The predicted molar refractivity (Wildman–Crippen MR) is 92.6 cm³/mol. The monoisotopic (exact) mass is 381 g/mol. The van der Waals surface area contributed by atoms with Gasteiger partial charge in [0.25, 0.3) is 4.96 Å². The Morgan fingerprint density at radius 3 is 2.73 bits per heavy atom. The summed E-state index contributed by atoms with van der Waals surface area (Å²) in [5.74, 6) is -2.78. The number of halogens is 2. The number of fused-ring (bicyclic) bond motifs is 1. The van der Waals surface area contributed by atoms with Gasteiger partial charge in [0.2, 0.25) is 11.7 Å². The van der Waals surface area contributed by atoms with E-state index in [9.17, 15) is 23.7 Å². The Kier molecular flexibility index (Phi) is 4.80. The van der Waals surface area contributed by atoms with E-state index in [0.717, 1.165) is 12.1 Å². The molecule has 0 atom stereocenters. The van der Waals surface area contributed by atoms with Gasteiger partial charge in [0.05, 0.1) is 6.54 Å². The highest BCUT2D eigenvalue weighted by Crippen LogP contribution is 2.31. The van der Waals surface area contributed by atoms with Crippen molar-refractivity contribution >= 4 is 39.5 Å². The molecule has 0 fully saturated rings. The molecule has 1 N–H and O–H groups in total. The van der Waals surface area contributed by atoms with E-state index in [1.54, 1.807) is 12.3 Å². The van der Waals surface area contributed by atoms with E-state index in [4.69, 9.17) is 0 Å². The number of nitrogens with one attached hydrogen (secondary N) is 1. The summed E-state index contributed by atoms with van der Waals surface area (Å²) in [7, 11) is 0. The van der Waals surface area contributed by atoms with Crippen molar-refractivity contribution in [2.45, 2.75) is 6.92 Å². The second-order valence-corrected chi connectivity index (χ2v) is 6.10. The molecule has 0 radical (unpaired) electrons. The summed E-state index contributed by atoms with van der Waals surface area (Å²) in [5.41, 5.74) is -0.561. The number of benzene rings is 1. The predicted octanol–water partition coefficient (Wildman–Crippen LogP) is 3.05. The van der Waals surface area contributed by atoms with Crippen LogP contribution in [-0.4, -0.2) is 33.3 Å². The molecule has 3 rings (SSSR count). The second kappa shape index (κ2) is 7.04. The Bertz CT molecular complexity index is 967. The molecular weight excluding hydrogens is 368 g/mol. The number of thiazole rings is 1. The maximum Gasteiger partial charge on any atom is 0.373 e. The van der Waals surface area contributed by atoms with Crippen LogP contribution in [0.4, 0.5) is 26.1 Å². The number of carbonyl (C=O) groups is 1. The van der Waals surface area contributed by atoms with Crippen molar-refractivity contribution in [3.05, 3.63) is 51.5 Å². The lowest BCUT2D eigenvalue weighted by molar-refractivity contribution is -0.389. The summed E-state index contributed by atoms with van der Waals surface area (Å²) in [6, 6.07) is 3.22. The van der Waals surface area contributed by atoms with Crippen LogP contribution in [0.25, 0.3) is 4.96 Å². The Morgan fingerprint density at radius 2 is 2.12 bits per heavy atom. The number of anilines is 2. The quantitative estimate of drug-likeness (QED) is 0.523. The molecule has 1 aromatic carbocycles. The summed E-state index contributed by atoms with van der Waals surface area (Å²) < 4.78 is 28.6. The van der Waals surface area contributed by atoms with Crippen LogP contribution < -0.4 is 10.2 Å². The molecule has 0 aliphatic carbocycles. The molecule has 0 spiro atoms. The molecule has 2 aromatic heterocycles. The number of rotatable bonds is 6. The topological polar surface area (TPSA) is 92.8 Å². The van der Waals surface area contributed by atoms with Gasteiger partial charge in [0.1, 0.15) is 23.5 Å². The van der Waals surface area contributed by atoms with Gasteiger partial charge >= 0.3 is 5.82 Å². The van der Waals surface area contributed by atoms with Crippen molar-refractivity contribution < 1.29 is 18.5 Å².